The number of aromatic nitrogens is 2. The molecule has 0 saturated heterocycles. The molecular formula is C13H22N4O. The van der Waals surface area contributed by atoms with Gasteiger partial charge in [0.15, 0.2) is 0 Å². The van der Waals surface area contributed by atoms with Gasteiger partial charge in [0.1, 0.15) is 0 Å². The van der Waals surface area contributed by atoms with E-state index in [1.54, 1.807) is 4.68 Å². The third kappa shape index (κ3) is 3.84. The Hall–Kier alpha value is -1.36. The summed E-state index contributed by atoms with van der Waals surface area (Å²) in [5.74, 6) is 0.980. The Labute approximate surface area is 108 Å². The van der Waals surface area contributed by atoms with Gasteiger partial charge in [0.25, 0.3) is 0 Å². The van der Waals surface area contributed by atoms with E-state index in [0.717, 1.165) is 24.6 Å². The zero-order chi connectivity index (χ0) is 13.0. The maximum absolute atomic E-state index is 12.0. The van der Waals surface area contributed by atoms with Crippen LogP contribution in [0.4, 0.5) is 0 Å². The molecule has 0 spiro atoms. The fourth-order valence-corrected chi connectivity index (χ4v) is 1.97. The second-order valence-corrected chi connectivity index (χ2v) is 5.00. The molecule has 1 amide bonds. The van der Waals surface area contributed by atoms with E-state index in [0.29, 0.717) is 13.1 Å². The number of likely N-dealkylation sites (N-methyl/N-ethyl adjacent to an activating group) is 1. The Morgan fingerprint density at radius 3 is 2.94 bits per heavy atom. The van der Waals surface area contributed by atoms with Crippen molar-refractivity contribution in [3.8, 4) is 0 Å². The molecule has 0 unspecified atom stereocenters. The number of amides is 1. The first kappa shape index (κ1) is 13.1. The smallest absolute Gasteiger partial charge is 0.236 e. The number of aryl methyl sites for hydroxylation is 1. The second-order valence-electron chi connectivity index (χ2n) is 5.00. The minimum atomic E-state index is 0.169. The number of carbonyl (C=O) groups excluding carboxylic acids is 1. The van der Waals surface area contributed by atoms with Gasteiger partial charge in [-0.25, -0.2) is 0 Å². The van der Waals surface area contributed by atoms with Crippen molar-refractivity contribution < 1.29 is 4.79 Å². The highest BCUT2D eigenvalue weighted by Gasteiger charge is 2.21. The quantitative estimate of drug-likeness (QED) is 0.777. The van der Waals surface area contributed by atoms with Crippen LogP contribution in [-0.4, -0.2) is 40.2 Å². The molecule has 1 fully saturated rings. The first-order valence-corrected chi connectivity index (χ1v) is 6.65. The van der Waals surface area contributed by atoms with E-state index in [9.17, 15) is 4.79 Å². The van der Waals surface area contributed by atoms with Crippen LogP contribution in [0.25, 0.3) is 0 Å². The lowest BCUT2D eigenvalue weighted by atomic mass is 10.3. The minimum absolute atomic E-state index is 0.169. The summed E-state index contributed by atoms with van der Waals surface area (Å²) in [6.45, 7) is 4.82. The molecule has 1 N–H and O–H groups in total. The number of carbonyl (C=O) groups is 1. The molecule has 1 saturated carbocycles. The monoisotopic (exact) mass is 250 g/mol. The molecule has 1 aromatic heterocycles. The van der Waals surface area contributed by atoms with Gasteiger partial charge in [-0.1, -0.05) is 0 Å². The van der Waals surface area contributed by atoms with Crippen molar-refractivity contribution >= 4 is 5.91 Å². The number of nitrogens with one attached hydrogen (secondary N) is 1. The van der Waals surface area contributed by atoms with Crippen molar-refractivity contribution in [1.29, 1.82) is 0 Å². The maximum atomic E-state index is 12.0. The number of hydrogen-bond acceptors (Lipinski definition) is 3. The van der Waals surface area contributed by atoms with Gasteiger partial charge >= 0.3 is 0 Å². The Kier molecular flexibility index (Phi) is 4.36. The van der Waals surface area contributed by atoms with Crippen molar-refractivity contribution in [2.24, 2.45) is 13.0 Å². The van der Waals surface area contributed by atoms with E-state index in [-0.39, 0.29) is 5.91 Å². The van der Waals surface area contributed by atoms with E-state index >= 15 is 0 Å². The minimum Gasteiger partial charge on any atom is -0.337 e. The lowest BCUT2D eigenvalue weighted by Crippen LogP contribution is -2.38. The highest BCUT2D eigenvalue weighted by molar-refractivity contribution is 5.78. The van der Waals surface area contributed by atoms with Gasteiger partial charge in [0.05, 0.1) is 12.7 Å². The molecule has 100 valence electrons. The molecule has 1 aliphatic carbocycles. The van der Waals surface area contributed by atoms with Crippen LogP contribution in [0.15, 0.2) is 12.4 Å². The average Bonchev–Trinajstić information content (AvgIpc) is 3.08. The topological polar surface area (TPSA) is 50.2 Å². The van der Waals surface area contributed by atoms with Gasteiger partial charge in [-0.2, -0.15) is 5.10 Å². The summed E-state index contributed by atoms with van der Waals surface area (Å²) in [6, 6.07) is 0. The van der Waals surface area contributed by atoms with E-state index in [1.807, 2.05) is 31.3 Å². The van der Waals surface area contributed by atoms with Crippen LogP contribution in [0, 0.1) is 5.92 Å². The predicted molar refractivity (Wildman–Crippen MR) is 69.9 cm³/mol. The standard InChI is InChI=1S/C13H22N4O/c1-3-17(10-12-7-15-16(2)9-12)13(18)8-14-6-11-4-5-11/h7,9,11,14H,3-6,8,10H2,1-2H3. The van der Waals surface area contributed by atoms with Crippen molar-refractivity contribution in [3.63, 3.8) is 0 Å². The number of nitrogens with zero attached hydrogens (tertiary/aromatic N) is 3. The summed E-state index contributed by atoms with van der Waals surface area (Å²) in [5.41, 5.74) is 1.08. The largest absolute Gasteiger partial charge is 0.337 e. The number of hydrogen-bond donors (Lipinski definition) is 1. The summed E-state index contributed by atoms with van der Waals surface area (Å²) in [5, 5.41) is 7.36. The molecular weight excluding hydrogens is 228 g/mol. The highest BCUT2D eigenvalue weighted by atomic mass is 16.2. The SMILES string of the molecule is CCN(Cc1cnn(C)c1)C(=O)CNCC1CC1. The molecule has 18 heavy (non-hydrogen) atoms. The van der Waals surface area contributed by atoms with Gasteiger partial charge in [-0.15, -0.1) is 0 Å². The van der Waals surface area contributed by atoms with Crippen molar-refractivity contribution in [2.75, 3.05) is 19.6 Å². The third-order valence-corrected chi connectivity index (χ3v) is 3.27. The lowest BCUT2D eigenvalue weighted by Gasteiger charge is -2.20. The Morgan fingerprint density at radius 2 is 2.39 bits per heavy atom. The molecule has 0 radical (unpaired) electrons. The molecule has 5 heteroatoms. The van der Waals surface area contributed by atoms with Crippen molar-refractivity contribution in [1.82, 2.24) is 20.0 Å². The van der Waals surface area contributed by atoms with Crippen LogP contribution in [0.3, 0.4) is 0 Å². The average molecular weight is 250 g/mol. The molecule has 0 atom stereocenters. The van der Waals surface area contributed by atoms with Crippen LogP contribution >= 0.6 is 0 Å². The van der Waals surface area contributed by atoms with E-state index in [2.05, 4.69) is 10.4 Å². The normalized spacial score (nSPS) is 14.8. The summed E-state index contributed by atoms with van der Waals surface area (Å²) < 4.78 is 1.76. The molecule has 1 aromatic rings. The Balaban J connectivity index is 1.77. The van der Waals surface area contributed by atoms with Crippen LogP contribution < -0.4 is 5.32 Å². The number of rotatable bonds is 7. The van der Waals surface area contributed by atoms with Gasteiger partial charge in [0.2, 0.25) is 5.91 Å². The summed E-state index contributed by atoms with van der Waals surface area (Å²) >= 11 is 0. The van der Waals surface area contributed by atoms with Gasteiger partial charge in [0, 0.05) is 31.9 Å². The van der Waals surface area contributed by atoms with E-state index < -0.39 is 0 Å². The Bertz CT molecular complexity index is 397. The molecule has 0 aromatic carbocycles. The van der Waals surface area contributed by atoms with Crippen LogP contribution in [0.5, 0.6) is 0 Å². The van der Waals surface area contributed by atoms with E-state index in [4.69, 9.17) is 0 Å². The Morgan fingerprint density at radius 1 is 1.61 bits per heavy atom. The molecule has 1 heterocycles. The lowest BCUT2D eigenvalue weighted by molar-refractivity contribution is -0.130. The third-order valence-electron chi connectivity index (χ3n) is 3.27. The van der Waals surface area contributed by atoms with Crippen LogP contribution in [0.2, 0.25) is 0 Å². The fraction of sp³-hybridized carbons (Fsp3) is 0.692. The molecule has 0 aliphatic heterocycles. The molecule has 5 nitrogen and oxygen atoms in total. The van der Waals surface area contributed by atoms with Crippen molar-refractivity contribution in [3.05, 3.63) is 18.0 Å². The maximum Gasteiger partial charge on any atom is 0.236 e. The summed E-state index contributed by atoms with van der Waals surface area (Å²) in [4.78, 5) is 13.9. The molecule has 2 rings (SSSR count). The molecule has 1 aliphatic rings. The fourth-order valence-electron chi connectivity index (χ4n) is 1.97. The van der Waals surface area contributed by atoms with Crippen LogP contribution in [-0.2, 0) is 18.4 Å². The van der Waals surface area contributed by atoms with Gasteiger partial charge < -0.3 is 10.2 Å². The summed E-state index contributed by atoms with van der Waals surface area (Å²) in [6.07, 6.45) is 6.39. The van der Waals surface area contributed by atoms with Crippen molar-refractivity contribution in [2.45, 2.75) is 26.3 Å². The van der Waals surface area contributed by atoms with E-state index in [1.165, 1.54) is 12.8 Å². The van der Waals surface area contributed by atoms with Gasteiger partial charge in [-0.05, 0) is 32.2 Å². The zero-order valence-electron chi connectivity index (χ0n) is 11.2. The first-order valence-electron chi connectivity index (χ1n) is 6.65. The summed E-state index contributed by atoms with van der Waals surface area (Å²) in [7, 11) is 1.89. The predicted octanol–water partition coefficient (Wildman–Crippen LogP) is 0.768. The second kappa shape index (κ2) is 6.00. The zero-order valence-corrected chi connectivity index (χ0v) is 11.2. The highest BCUT2D eigenvalue weighted by Crippen LogP contribution is 2.27. The van der Waals surface area contributed by atoms with Crippen LogP contribution in [0.1, 0.15) is 25.3 Å². The van der Waals surface area contributed by atoms with Gasteiger partial charge in [-0.3, -0.25) is 9.48 Å². The molecule has 0 bridgehead atoms. The first-order chi connectivity index (χ1) is 8.69.